The molecule has 0 aromatic carbocycles. The number of thiophene rings is 1. The lowest BCUT2D eigenvalue weighted by Crippen LogP contribution is -2.32. The van der Waals surface area contributed by atoms with Crippen LogP contribution in [0.15, 0.2) is 34.4 Å². The van der Waals surface area contributed by atoms with Gasteiger partial charge in [0.05, 0.1) is 4.88 Å². The maximum atomic E-state index is 11.6. The first kappa shape index (κ1) is 12.5. The molecule has 6 heteroatoms. The topological polar surface area (TPSA) is 55.2 Å². The van der Waals surface area contributed by atoms with Crippen LogP contribution in [-0.4, -0.2) is 34.7 Å². The molecular weight excluding hydrogens is 250 g/mol. The van der Waals surface area contributed by atoms with E-state index in [0.717, 1.165) is 4.88 Å². The number of aromatic nitrogens is 2. The van der Waals surface area contributed by atoms with Crippen molar-refractivity contribution in [1.29, 1.82) is 0 Å². The molecule has 0 bridgehead atoms. The van der Waals surface area contributed by atoms with Crippen LogP contribution in [0.25, 0.3) is 10.6 Å². The Kier molecular flexibility index (Phi) is 3.57. The second-order valence-corrected chi connectivity index (χ2v) is 4.93. The fourth-order valence-corrected chi connectivity index (χ4v) is 2.08. The zero-order chi connectivity index (χ0) is 13.1. The molecule has 0 unspecified atom stereocenters. The number of nitrogens with zero attached hydrogens (tertiary/aromatic N) is 3. The number of carbonyl (C=O) groups is 1. The van der Waals surface area contributed by atoms with Crippen molar-refractivity contribution in [2.75, 3.05) is 14.1 Å². The lowest BCUT2D eigenvalue weighted by Gasteiger charge is -2.11. The van der Waals surface area contributed by atoms with Gasteiger partial charge in [0.2, 0.25) is 5.91 Å². The van der Waals surface area contributed by atoms with E-state index in [1.165, 1.54) is 15.6 Å². The minimum Gasteiger partial charge on any atom is -0.347 e. The molecule has 0 aliphatic heterocycles. The Hall–Kier alpha value is -1.95. The first-order chi connectivity index (χ1) is 8.58. The highest BCUT2D eigenvalue weighted by atomic mass is 32.1. The summed E-state index contributed by atoms with van der Waals surface area (Å²) in [6, 6.07) is 6.95. The lowest BCUT2D eigenvalue weighted by molar-refractivity contribution is -0.129. The number of rotatable bonds is 3. The van der Waals surface area contributed by atoms with Gasteiger partial charge in [0.1, 0.15) is 12.2 Å². The van der Waals surface area contributed by atoms with Gasteiger partial charge in [-0.15, -0.1) is 11.3 Å². The summed E-state index contributed by atoms with van der Waals surface area (Å²) in [5.41, 5.74) is 0.432. The van der Waals surface area contributed by atoms with Gasteiger partial charge in [-0.1, -0.05) is 6.07 Å². The third kappa shape index (κ3) is 2.65. The predicted molar refractivity (Wildman–Crippen MR) is 70.5 cm³/mol. The van der Waals surface area contributed by atoms with Gasteiger partial charge in [-0.05, 0) is 17.5 Å². The molecule has 2 rings (SSSR count). The van der Waals surface area contributed by atoms with E-state index in [-0.39, 0.29) is 18.0 Å². The quantitative estimate of drug-likeness (QED) is 0.832. The van der Waals surface area contributed by atoms with Crippen LogP contribution >= 0.6 is 11.3 Å². The summed E-state index contributed by atoms with van der Waals surface area (Å²) in [6.45, 7) is -0.0367. The van der Waals surface area contributed by atoms with Crippen LogP contribution in [0.5, 0.6) is 0 Å². The van der Waals surface area contributed by atoms with Crippen molar-refractivity contribution in [2.45, 2.75) is 6.54 Å². The monoisotopic (exact) mass is 263 g/mol. The summed E-state index contributed by atoms with van der Waals surface area (Å²) in [5, 5.41) is 6.15. The third-order valence-corrected chi connectivity index (χ3v) is 3.32. The van der Waals surface area contributed by atoms with Crippen LogP contribution in [0.2, 0.25) is 0 Å². The van der Waals surface area contributed by atoms with Crippen molar-refractivity contribution in [3.63, 3.8) is 0 Å². The molecule has 5 nitrogen and oxygen atoms in total. The smallest absolute Gasteiger partial charge is 0.267 e. The Bertz CT molecular complexity index is 602. The minimum atomic E-state index is -0.273. The largest absolute Gasteiger partial charge is 0.347 e. The second-order valence-electron chi connectivity index (χ2n) is 3.98. The SMILES string of the molecule is CN(C)C(=O)Cn1nc(-c2cccs2)ccc1=O. The van der Waals surface area contributed by atoms with Gasteiger partial charge in [0.15, 0.2) is 0 Å². The average molecular weight is 263 g/mol. The van der Waals surface area contributed by atoms with Gasteiger partial charge in [-0.25, -0.2) is 4.68 Å². The average Bonchev–Trinajstić information content (AvgIpc) is 2.85. The van der Waals surface area contributed by atoms with E-state index in [1.54, 1.807) is 31.5 Å². The Morgan fingerprint density at radius 3 is 2.78 bits per heavy atom. The number of hydrogen-bond donors (Lipinski definition) is 0. The summed E-state index contributed by atoms with van der Waals surface area (Å²) in [6.07, 6.45) is 0. The van der Waals surface area contributed by atoms with Crippen molar-refractivity contribution in [1.82, 2.24) is 14.7 Å². The summed E-state index contributed by atoms with van der Waals surface area (Å²) in [4.78, 5) is 25.6. The molecule has 0 spiro atoms. The molecule has 94 valence electrons. The second kappa shape index (κ2) is 5.14. The fourth-order valence-electron chi connectivity index (χ4n) is 1.39. The van der Waals surface area contributed by atoms with E-state index in [0.29, 0.717) is 5.69 Å². The summed E-state index contributed by atoms with van der Waals surface area (Å²) in [7, 11) is 3.30. The minimum absolute atomic E-state index is 0.0367. The van der Waals surface area contributed by atoms with Crippen molar-refractivity contribution in [3.8, 4) is 10.6 Å². The highest BCUT2D eigenvalue weighted by molar-refractivity contribution is 7.13. The first-order valence-electron chi connectivity index (χ1n) is 5.40. The summed E-state index contributed by atoms with van der Waals surface area (Å²) >= 11 is 1.54. The van der Waals surface area contributed by atoms with E-state index in [1.807, 2.05) is 17.5 Å². The molecule has 0 atom stereocenters. The van der Waals surface area contributed by atoms with Crippen molar-refractivity contribution in [3.05, 3.63) is 40.0 Å². The summed E-state index contributed by atoms with van der Waals surface area (Å²) < 4.78 is 1.19. The van der Waals surface area contributed by atoms with Crippen LogP contribution in [0, 0.1) is 0 Å². The first-order valence-corrected chi connectivity index (χ1v) is 6.28. The number of likely N-dealkylation sites (N-methyl/N-ethyl adjacent to an activating group) is 1. The standard InChI is InChI=1S/C12H13N3O2S/c1-14(2)12(17)8-15-11(16)6-5-9(13-15)10-4-3-7-18-10/h3-7H,8H2,1-2H3. The molecule has 0 saturated heterocycles. The van der Waals surface area contributed by atoms with Crippen LogP contribution in [-0.2, 0) is 11.3 Å². The van der Waals surface area contributed by atoms with Crippen LogP contribution in [0.3, 0.4) is 0 Å². The molecule has 18 heavy (non-hydrogen) atoms. The van der Waals surface area contributed by atoms with E-state index in [2.05, 4.69) is 5.10 Å². The van der Waals surface area contributed by atoms with Gasteiger partial charge in [-0.3, -0.25) is 9.59 Å². The van der Waals surface area contributed by atoms with Gasteiger partial charge >= 0.3 is 0 Å². The highest BCUT2D eigenvalue weighted by Gasteiger charge is 2.09. The highest BCUT2D eigenvalue weighted by Crippen LogP contribution is 2.20. The molecule has 0 aliphatic carbocycles. The van der Waals surface area contributed by atoms with Crippen LogP contribution in [0.1, 0.15) is 0 Å². The van der Waals surface area contributed by atoms with Crippen molar-refractivity contribution in [2.24, 2.45) is 0 Å². The Labute approximate surface area is 108 Å². The zero-order valence-corrected chi connectivity index (χ0v) is 11.0. The molecule has 0 N–H and O–H groups in total. The van der Waals surface area contributed by atoms with Crippen LogP contribution in [0.4, 0.5) is 0 Å². The zero-order valence-electron chi connectivity index (χ0n) is 10.2. The number of carbonyl (C=O) groups excluding carboxylic acids is 1. The van der Waals surface area contributed by atoms with Gasteiger partial charge in [-0.2, -0.15) is 5.10 Å². The van der Waals surface area contributed by atoms with Crippen molar-refractivity contribution >= 4 is 17.2 Å². The molecule has 2 heterocycles. The Balaban J connectivity index is 2.33. The molecule has 0 saturated carbocycles. The molecule has 0 aliphatic rings. The molecule has 2 aromatic heterocycles. The Morgan fingerprint density at radius 1 is 1.39 bits per heavy atom. The normalized spacial score (nSPS) is 10.3. The molecular formula is C12H13N3O2S. The number of hydrogen-bond acceptors (Lipinski definition) is 4. The number of amides is 1. The maximum absolute atomic E-state index is 11.6. The van der Waals surface area contributed by atoms with Gasteiger partial charge < -0.3 is 4.90 Å². The van der Waals surface area contributed by atoms with E-state index in [4.69, 9.17) is 0 Å². The van der Waals surface area contributed by atoms with E-state index < -0.39 is 0 Å². The molecule has 0 fully saturated rings. The molecule has 0 radical (unpaired) electrons. The van der Waals surface area contributed by atoms with Gasteiger partial charge in [0.25, 0.3) is 5.56 Å². The third-order valence-electron chi connectivity index (χ3n) is 2.42. The van der Waals surface area contributed by atoms with Crippen molar-refractivity contribution < 1.29 is 4.79 Å². The van der Waals surface area contributed by atoms with Crippen LogP contribution < -0.4 is 5.56 Å². The molecule has 2 aromatic rings. The predicted octanol–water partition coefficient (Wildman–Crippen LogP) is 1.06. The summed E-state index contributed by atoms with van der Waals surface area (Å²) in [5.74, 6) is -0.159. The Morgan fingerprint density at radius 2 is 2.17 bits per heavy atom. The molecule has 1 amide bonds. The fraction of sp³-hybridized carbons (Fsp3) is 0.250. The maximum Gasteiger partial charge on any atom is 0.267 e. The lowest BCUT2D eigenvalue weighted by atomic mass is 10.3. The van der Waals surface area contributed by atoms with E-state index in [9.17, 15) is 9.59 Å². The van der Waals surface area contributed by atoms with Gasteiger partial charge in [0, 0.05) is 20.2 Å². The van der Waals surface area contributed by atoms with E-state index >= 15 is 0 Å².